The van der Waals surface area contributed by atoms with Crippen LogP contribution in [0.3, 0.4) is 0 Å². The van der Waals surface area contributed by atoms with E-state index >= 15 is 0 Å². The second-order valence-corrected chi connectivity index (χ2v) is 4.52. The van der Waals surface area contributed by atoms with Crippen molar-refractivity contribution in [1.29, 1.82) is 0 Å². The monoisotopic (exact) mass is 253 g/mol. The zero-order chi connectivity index (χ0) is 12.8. The summed E-state index contributed by atoms with van der Waals surface area (Å²) in [5.74, 6) is 0. The van der Waals surface area contributed by atoms with Crippen molar-refractivity contribution in [3.63, 3.8) is 0 Å². The van der Waals surface area contributed by atoms with Crippen LogP contribution in [0.25, 0.3) is 0 Å². The zero-order valence-electron chi connectivity index (χ0n) is 10.5. The smallest absolute Gasteiger partial charge is 0.0776 e. The summed E-state index contributed by atoms with van der Waals surface area (Å²) < 4.78 is 0. The van der Waals surface area contributed by atoms with Gasteiger partial charge in [0.2, 0.25) is 0 Å². The number of rotatable bonds is 6. The summed E-state index contributed by atoms with van der Waals surface area (Å²) in [5.41, 5.74) is 1.84. The number of halogens is 1. The van der Waals surface area contributed by atoms with E-state index in [9.17, 15) is 5.11 Å². The highest BCUT2D eigenvalue weighted by atomic mass is 35.5. The van der Waals surface area contributed by atoms with E-state index in [1.54, 1.807) is 6.92 Å². The van der Waals surface area contributed by atoms with Crippen LogP contribution in [0.1, 0.15) is 31.9 Å². The van der Waals surface area contributed by atoms with Crippen molar-refractivity contribution in [2.45, 2.75) is 26.4 Å². The second kappa shape index (κ2) is 6.67. The van der Waals surface area contributed by atoms with Gasteiger partial charge in [-0.05, 0) is 31.0 Å². The number of hydrogen-bond acceptors (Lipinski definition) is 2. The minimum absolute atomic E-state index is 0.532. The van der Waals surface area contributed by atoms with Crippen LogP contribution in [0.2, 0.25) is 5.02 Å². The van der Waals surface area contributed by atoms with Crippen molar-refractivity contribution >= 4 is 17.3 Å². The summed E-state index contributed by atoms with van der Waals surface area (Å²) in [6, 6.07) is 5.78. The van der Waals surface area contributed by atoms with Crippen LogP contribution in [0.4, 0.5) is 5.69 Å². The van der Waals surface area contributed by atoms with Crippen LogP contribution < -0.4 is 4.90 Å². The van der Waals surface area contributed by atoms with E-state index in [-0.39, 0.29) is 0 Å². The molecule has 1 atom stereocenters. The van der Waals surface area contributed by atoms with Crippen molar-refractivity contribution in [2.24, 2.45) is 0 Å². The van der Waals surface area contributed by atoms with E-state index in [1.165, 1.54) is 0 Å². The number of hydrogen-bond donors (Lipinski definition) is 1. The summed E-state index contributed by atoms with van der Waals surface area (Å²) in [4.78, 5) is 2.21. The van der Waals surface area contributed by atoms with Crippen LogP contribution >= 0.6 is 11.6 Å². The predicted molar refractivity (Wildman–Crippen MR) is 74.8 cm³/mol. The SMILES string of the molecule is C=CCN(CCC)c1ccc(C(C)O)c(Cl)c1. The lowest BCUT2D eigenvalue weighted by Crippen LogP contribution is -2.23. The molecule has 0 aliphatic carbocycles. The molecule has 0 bridgehead atoms. The maximum Gasteiger partial charge on any atom is 0.0776 e. The number of aliphatic hydroxyl groups is 1. The minimum atomic E-state index is -0.532. The first-order valence-electron chi connectivity index (χ1n) is 5.93. The molecule has 0 saturated heterocycles. The Kier molecular flexibility index (Phi) is 5.52. The third-order valence-electron chi connectivity index (χ3n) is 2.64. The molecule has 2 nitrogen and oxygen atoms in total. The molecule has 0 aliphatic rings. The van der Waals surface area contributed by atoms with Gasteiger partial charge in [-0.15, -0.1) is 6.58 Å². The van der Waals surface area contributed by atoms with Crippen LogP contribution in [-0.2, 0) is 0 Å². The fourth-order valence-corrected chi connectivity index (χ4v) is 2.14. The molecule has 0 radical (unpaired) electrons. The van der Waals surface area contributed by atoms with Gasteiger partial charge in [-0.3, -0.25) is 0 Å². The standard InChI is InChI=1S/C14H20ClNO/c1-4-8-16(9-5-2)12-6-7-13(11(3)17)14(15)10-12/h4,6-7,10-11,17H,1,5,8-9H2,2-3H3. The van der Waals surface area contributed by atoms with Gasteiger partial charge >= 0.3 is 0 Å². The van der Waals surface area contributed by atoms with E-state index in [1.807, 2.05) is 24.3 Å². The fraction of sp³-hybridized carbons (Fsp3) is 0.429. The highest BCUT2D eigenvalue weighted by Crippen LogP contribution is 2.27. The van der Waals surface area contributed by atoms with Crippen molar-refractivity contribution in [3.8, 4) is 0 Å². The van der Waals surface area contributed by atoms with E-state index in [2.05, 4.69) is 18.4 Å². The largest absolute Gasteiger partial charge is 0.389 e. The van der Waals surface area contributed by atoms with Gasteiger partial charge in [0, 0.05) is 23.8 Å². The fourth-order valence-electron chi connectivity index (χ4n) is 1.80. The number of anilines is 1. The Morgan fingerprint density at radius 3 is 2.71 bits per heavy atom. The highest BCUT2D eigenvalue weighted by Gasteiger charge is 2.10. The molecule has 0 heterocycles. The molecule has 0 saturated carbocycles. The maximum atomic E-state index is 9.53. The number of aliphatic hydroxyl groups excluding tert-OH is 1. The van der Waals surface area contributed by atoms with Gasteiger partial charge in [-0.2, -0.15) is 0 Å². The predicted octanol–water partition coefficient (Wildman–Crippen LogP) is 3.80. The molecule has 0 spiro atoms. The molecule has 0 aliphatic heterocycles. The van der Waals surface area contributed by atoms with Crippen molar-refractivity contribution in [2.75, 3.05) is 18.0 Å². The minimum Gasteiger partial charge on any atom is -0.389 e. The molecule has 0 amide bonds. The van der Waals surface area contributed by atoms with Crippen LogP contribution in [0.5, 0.6) is 0 Å². The first-order chi connectivity index (χ1) is 8.10. The molecule has 1 N–H and O–H groups in total. The first-order valence-corrected chi connectivity index (χ1v) is 6.31. The quantitative estimate of drug-likeness (QED) is 0.780. The average Bonchev–Trinajstić information content (AvgIpc) is 2.28. The molecule has 1 rings (SSSR count). The van der Waals surface area contributed by atoms with Crippen LogP contribution in [0.15, 0.2) is 30.9 Å². The van der Waals surface area contributed by atoms with Gasteiger partial charge in [0.25, 0.3) is 0 Å². The molecular weight excluding hydrogens is 234 g/mol. The summed E-state index contributed by atoms with van der Waals surface area (Å²) in [6.45, 7) is 9.39. The summed E-state index contributed by atoms with van der Waals surface area (Å²) >= 11 is 6.16. The van der Waals surface area contributed by atoms with Gasteiger partial charge < -0.3 is 10.0 Å². The number of nitrogens with zero attached hydrogens (tertiary/aromatic N) is 1. The molecular formula is C14H20ClNO. The highest BCUT2D eigenvalue weighted by molar-refractivity contribution is 6.31. The Hall–Kier alpha value is -0.990. The Labute approximate surface area is 109 Å². The number of benzene rings is 1. The molecule has 94 valence electrons. The normalized spacial score (nSPS) is 12.2. The van der Waals surface area contributed by atoms with E-state index in [0.717, 1.165) is 30.8 Å². The molecule has 17 heavy (non-hydrogen) atoms. The molecule has 1 unspecified atom stereocenters. The summed E-state index contributed by atoms with van der Waals surface area (Å²) in [6.07, 6.45) is 2.42. The van der Waals surface area contributed by atoms with Gasteiger partial charge in [0.15, 0.2) is 0 Å². The molecule has 0 fully saturated rings. The summed E-state index contributed by atoms with van der Waals surface area (Å²) in [7, 11) is 0. The van der Waals surface area contributed by atoms with Crippen molar-refractivity contribution < 1.29 is 5.11 Å². The Bertz CT molecular complexity index is 376. The first kappa shape index (κ1) is 14.1. The third-order valence-corrected chi connectivity index (χ3v) is 2.97. The van der Waals surface area contributed by atoms with E-state index in [0.29, 0.717) is 5.02 Å². The lowest BCUT2D eigenvalue weighted by molar-refractivity contribution is 0.199. The third kappa shape index (κ3) is 3.76. The zero-order valence-corrected chi connectivity index (χ0v) is 11.2. The van der Waals surface area contributed by atoms with Crippen molar-refractivity contribution in [3.05, 3.63) is 41.4 Å². The molecule has 1 aromatic carbocycles. The Balaban J connectivity index is 2.97. The topological polar surface area (TPSA) is 23.5 Å². The summed E-state index contributed by atoms with van der Waals surface area (Å²) in [5, 5.41) is 10.1. The van der Waals surface area contributed by atoms with Gasteiger partial charge in [0.05, 0.1) is 6.10 Å². The lowest BCUT2D eigenvalue weighted by Gasteiger charge is -2.23. The van der Waals surface area contributed by atoms with Crippen LogP contribution in [-0.4, -0.2) is 18.2 Å². The average molecular weight is 254 g/mol. The molecule has 1 aromatic rings. The van der Waals surface area contributed by atoms with E-state index < -0.39 is 6.10 Å². The Morgan fingerprint density at radius 2 is 2.24 bits per heavy atom. The van der Waals surface area contributed by atoms with Gasteiger partial charge in [-0.1, -0.05) is 30.7 Å². The van der Waals surface area contributed by atoms with Crippen LogP contribution in [0, 0.1) is 0 Å². The van der Waals surface area contributed by atoms with Gasteiger partial charge in [-0.25, -0.2) is 0 Å². The van der Waals surface area contributed by atoms with Gasteiger partial charge in [0.1, 0.15) is 0 Å². The second-order valence-electron chi connectivity index (χ2n) is 4.12. The maximum absolute atomic E-state index is 9.53. The van der Waals surface area contributed by atoms with E-state index in [4.69, 9.17) is 11.6 Å². The van der Waals surface area contributed by atoms with Crippen molar-refractivity contribution in [1.82, 2.24) is 0 Å². The Morgan fingerprint density at radius 1 is 1.53 bits per heavy atom. The molecule has 3 heteroatoms. The molecule has 0 aromatic heterocycles. The lowest BCUT2D eigenvalue weighted by atomic mass is 10.1.